The van der Waals surface area contributed by atoms with Crippen molar-refractivity contribution < 1.29 is 9.53 Å². The van der Waals surface area contributed by atoms with Crippen molar-refractivity contribution >= 4 is 5.97 Å². The van der Waals surface area contributed by atoms with E-state index in [9.17, 15) is 4.79 Å². The Morgan fingerprint density at radius 3 is 3.00 bits per heavy atom. The quantitative estimate of drug-likeness (QED) is 0.842. The number of benzene rings is 1. The second-order valence-corrected chi connectivity index (χ2v) is 6.33. The number of esters is 1. The molecule has 1 heterocycles. The predicted molar refractivity (Wildman–Crippen MR) is 78.4 cm³/mol. The Labute approximate surface area is 120 Å². The fourth-order valence-corrected chi connectivity index (χ4v) is 3.33. The summed E-state index contributed by atoms with van der Waals surface area (Å²) in [4.78, 5) is 12.5. The van der Waals surface area contributed by atoms with E-state index in [-0.39, 0.29) is 17.5 Å². The number of hydrogen-bond acceptors (Lipinski definition) is 3. The average molecular weight is 273 g/mol. The minimum Gasteiger partial charge on any atom is -0.457 e. The summed E-state index contributed by atoms with van der Waals surface area (Å²) in [6.45, 7) is 3.77. The molecule has 0 bridgehead atoms. The maximum Gasteiger partial charge on any atom is 0.313 e. The number of hydrogen-bond donors (Lipinski definition) is 1. The van der Waals surface area contributed by atoms with E-state index in [1.165, 1.54) is 11.1 Å². The van der Waals surface area contributed by atoms with Crippen molar-refractivity contribution in [3.05, 3.63) is 35.4 Å². The maximum absolute atomic E-state index is 12.5. The summed E-state index contributed by atoms with van der Waals surface area (Å²) in [5.74, 6) is -0.0357. The van der Waals surface area contributed by atoms with Crippen molar-refractivity contribution in [1.29, 1.82) is 0 Å². The minimum atomic E-state index is -0.357. The molecule has 1 N–H and O–H groups in total. The lowest BCUT2D eigenvalue weighted by Gasteiger charge is -2.34. The van der Waals surface area contributed by atoms with E-state index >= 15 is 0 Å². The average Bonchev–Trinajstić information content (AvgIpc) is 2.48. The molecule has 1 saturated heterocycles. The van der Waals surface area contributed by atoms with Crippen molar-refractivity contribution in [3.63, 3.8) is 0 Å². The standard InChI is InChI=1S/C17H23NO2/c1-17(10-5-11-18-12-17)16(19)20-15-9-4-7-13-6-2-3-8-14(13)15/h2-3,6,8,15,18H,4-5,7,9-12H2,1H3. The van der Waals surface area contributed by atoms with Crippen molar-refractivity contribution in [2.24, 2.45) is 5.41 Å². The van der Waals surface area contributed by atoms with Gasteiger partial charge in [-0.15, -0.1) is 0 Å². The van der Waals surface area contributed by atoms with Crippen molar-refractivity contribution in [3.8, 4) is 0 Å². The molecule has 0 amide bonds. The number of aryl methyl sites for hydroxylation is 1. The van der Waals surface area contributed by atoms with Gasteiger partial charge in [0.1, 0.15) is 6.10 Å². The van der Waals surface area contributed by atoms with Crippen LogP contribution in [-0.4, -0.2) is 19.1 Å². The zero-order chi connectivity index (χ0) is 14.0. The predicted octanol–water partition coefficient (Wildman–Crippen LogP) is 3.00. The first-order valence-electron chi connectivity index (χ1n) is 7.69. The molecule has 1 fully saturated rings. The van der Waals surface area contributed by atoms with Gasteiger partial charge in [0.25, 0.3) is 0 Å². The van der Waals surface area contributed by atoms with Gasteiger partial charge >= 0.3 is 5.97 Å². The third-order valence-corrected chi connectivity index (χ3v) is 4.65. The highest BCUT2D eigenvalue weighted by molar-refractivity contribution is 5.77. The molecule has 0 radical (unpaired) electrons. The molecule has 108 valence electrons. The largest absolute Gasteiger partial charge is 0.457 e. The van der Waals surface area contributed by atoms with E-state index in [0.717, 1.165) is 45.2 Å². The van der Waals surface area contributed by atoms with Crippen molar-refractivity contribution in [1.82, 2.24) is 5.32 Å². The molecule has 0 aromatic heterocycles. The summed E-state index contributed by atoms with van der Waals surface area (Å²) in [7, 11) is 0. The van der Waals surface area contributed by atoms with E-state index in [1.807, 2.05) is 13.0 Å². The first-order valence-corrected chi connectivity index (χ1v) is 7.69. The maximum atomic E-state index is 12.5. The normalized spacial score (nSPS) is 29.6. The topological polar surface area (TPSA) is 38.3 Å². The SMILES string of the molecule is CC1(C(=O)OC2CCCc3ccccc32)CCCNC1. The van der Waals surface area contributed by atoms with Crippen LogP contribution in [0.2, 0.25) is 0 Å². The van der Waals surface area contributed by atoms with E-state index in [4.69, 9.17) is 4.74 Å². The molecule has 3 nitrogen and oxygen atoms in total. The van der Waals surface area contributed by atoms with Gasteiger partial charge in [-0.25, -0.2) is 0 Å². The molecule has 1 aromatic rings. The first kappa shape index (κ1) is 13.6. The number of ether oxygens (including phenoxy) is 1. The van der Waals surface area contributed by atoms with Gasteiger partial charge in [0.2, 0.25) is 0 Å². The molecule has 1 aromatic carbocycles. The third kappa shape index (κ3) is 2.59. The van der Waals surface area contributed by atoms with Crippen LogP contribution in [-0.2, 0) is 16.0 Å². The minimum absolute atomic E-state index is 0.0357. The van der Waals surface area contributed by atoms with Crippen molar-refractivity contribution in [2.45, 2.75) is 45.1 Å². The van der Waals surface area contributed by atoms with E-state index in [2.05, 4.69) is 23.5 Å². The highest BCUT2D eigenvalue weighted by Crippen LogP contribution is 2.35. The van der Waals surface area contributed by atoms with Crippen LogP contribution in [0.5, 0.6) is 0 Å². The van der Waals surface area contributed by atoms with Gasteiger partial charge in [-0.05, 0) is 56.7 Å². The molecule has 0 saturated carbocycles. The van der Waals surface area contributed by atoms with Gasteiger partial charge < -0.3 is 10.1 Å². The monoisotopic (exact) mass is 273 g/mol. The molecule has 3 heteroatoms. The first-order chi connectivity index (χ1) is 9.69. The van der Waals surface area contributed by atoms with Gasteiger partial charge in [0.15, 0.2) is 0 Å². The molecule has 0 spiro atoms. The summed E-state index contributed by atoms with van der Waals surface area (Å²) >= 11 is 0. The Kier molecular flexibility index (Phi) is 3.79. The lowest BCUT2D eigenvalue weighted by Crippen LogP contribution is -2.44. The second-order valence-electron chi connectivity index (χ2n) is 6.33. The molecule has 1 aliphatic carbocycles. The van der Waals surface area contributed by atoms with E-state index < -0.39 is 0 Å². The Morgan fingerprint density at radius 1 is 1.35 bits per heavy atom. The molecular weight excluding hydrogens is 250 g/mol. The van der Waals surface area contributed by atoms with Crippen LogP contribution in [0.25, 0.3) is 0 Å². The Hall–Kier alpha value is -1.35. The van der Waals surface area contributed by atoms with Gasteiger partial charge in [0.05, 0.1) is 5.41 Å². The zero-order valence-corrected chi connectivity index (χ0v) is 12.2. The van der Waals surface area contributed by atoms with E-state index in [0.29, 0.717) is 0 Å². The molecule has 2 unspecified atom stereocenters. The number of rotatable bonds is 2. The van der Waals surface area contributed by atoms with Crippen LogP contribution in [0.15, 0.2) is 24.3 Å². The second kappa shape index (κ2) is 5.57. The number of carbonyl (C=O) groups excluding carboxylic acids is 1. The lowest BCUT2D eigenvalue weighted by atomic mass is 9.82. The molecular formula is C17H23NO2. The number of piperidine rings is 1. The molecule has 2 atom stereocenters. The summed E-state index contributed by atoms with van der Waals surface area (Å²) < 4.78 is 5.88. The van der Waals surface area contributed by atoms with E-state index in [1.54, 1.807) is 0 Å². The van der Waals surface area contributed by atoms with Crippen LogP contribution in [0.4, 0.5) is 0 Å². The van der Waals surface area contributed by atoms with Crippen LogP contribution in [0.3, 0.4) is 0 Å². The Morgan fingerprint density at radius 2 is 2.20 bits per heavy atom. The molecule has 3 rings (SSSR count). The van der Waals surface area contributed by atoms with Crippen LogP contribution < -0.4 is 5.32 Å². The fourth-order valence-electron chi connectivity index (χ4n) is 3.33. The fraction of sp³-hybridized carbons (Fsp3) is 0.588. The molecule has 2 aliphatic rings. The highest BCUT2D eigenvalue weighted by Gasteiger charge is 2.38. The summed E-state index contributed by atoms with van der Waals surface area (Å²) in [5, 5.41) is 3.31. The highest BCUT2D eigenvalue weighted by atomic mass is 16.5. The number of fused-ring (bicyclic) bond motifs is 1. The van der Waals surface area contributed by atoms with Gasteiger partial charge in [-0.2, -0.15) is 0 Å². The summed E-state index contributed by atoms with van der Waals surface area (Å²) in [6, 6.07) is 8.36. The number of carbonyl (C=O) groups is 1. The lowest BCUT2D eigenvalue weighted by molar-refractivity contribution is -0.162. The van der Waals surface area contributed by atoms with Gasteiger partial charge in [-0.1, -0.05) is 24.3 Å². The molecule has 1 aliphatic heterocycles. The summed E-state index contributed by atoms with van der Waals surface area (Å²) in [5.41, 5.74) is 2.19. The number of nitrogens with one attached hydrogen (secondary N) is 1. The van der Waals surface area contributed by atoms with Gasteiger partial charge in [0, 0.05) is 6.54 Å². The zero-order valence-electron chi connectivity index (χ0n) is 12.2. The third-order valence-electron chi connectivity index (χ3n) is 4.65. The Bertz CT molecular complexity index is 492. The smallest absolute Gasteiger partial charge is 0.313 e. The van der Waals surface area contributed by atoms with Crippen molar-refractivity contribution in [2.75, 3.05) is 13.1 Å². The Balaban J connectivity index is 1.74. The van der Waals surface area contributed by atoms with Crippen LogP contribution in [0, 0.1) is 5.41 Å². The summed E-state index contributed by atoms with van der Waals surface area (Å²) in [6.07, 6.45) is 5.07. The molecule has 20 heavy (non-hydrogen) atoms. The van der Waals surface area contributed by atoms with Crippen LogP contribution in [0.1, 0.15) is 49.8 Å². The van der Waals surface area contributed by atoms with Gasteiger partial charge in [-0.3, -0.25) is 4.79 Å². The van der Waals surface area contributed by atoms with Crippen LogP contribution >= 0.6 is 0 Å².